The van der Waals surface area contributed by atoms with Gasteiger partial charge in [-0.1, -0.05) is 70.9 Å². The van der Waals surface area contributed by atoms with Crippen molar-refractivity contribution in [2.75, 3.05) is 0 Å². The number of hydrogen-bond donors (Lipinski definition) is 1. The highest BCUT2D eigenvalue weighted by Gasteiger charge is 2.33. The Balaban J connectivity index is 1.64. The summed E-state index contributed by atoms with van der Waals surface area (Å²) in [5.41, 5.74) is 4.47. The van der Waals surface area contributed by atoms with Crippen molar-refractivity contribution in [3.63, 3.8) is 0 Å². The van der Waals surface area contributed by atoms with E-state index >= 15 is 0 Å². The van der Waals surface area contributed by atoms with Crippen molar-refractivity contribution in [3.8, 4) is 5.75 Å². The number of thiazole rings is 1. The highest BCUT2D eigenvalue weighted by Crippen LogP contribution is 2.41. The van der Waals surface area contributed by atoms with Crippen LogP contribution in [0.5, 0.6) is 5.75 Å². The largest absolute Gasteiger partial charge is 0.506 e. The SMILES string of the molecule is O=c1/c(=C\c2cc(Cl)cc(Cl)c2O)sc2n1[C@@H](c1cccc([N+](=O)[O-])c1)C1=C(N=2)c2ccccc2CC1. The second kappa shape index (κ2) is 8.99. The molecule has 0 amide bonds. The molecule has 4 aromatic rings. The van der Waals surface area contributed by atoms with Crippen molar-refractivity contribution < 1.29 is 10.0 Å². The van der Waals surface area contributed by atoms with Gasteiger partial charge in [-0.25, -0.2) is 4.99 Å². The topological polar surface area (TPSA) is 97.7 Å². The molecule has 184 valence electrons. The van der Waals surface area contributed by atoms with Crippen molar-refractivity contribution in [3.05, 3.63) is 128 Å². The first-order valence-corrected chi connectivity index (χ1v) is 12.9. The molecule has 1 aliphatic heterocycles. The van der Waals surface area contributed by atoms with Crippen LogP contribution in [-0.4, -0.2) is 14.6 Å². The van der Waals surface area contributed by atoms with E-state index in [0.717, 1.165) is 23.3 Å². The molecular weight excluding hydrogens is 533 g/mol. The van der Waals surface area contributed by atoms with Gasteiger partial charge in [-0.15, -0.1) is 0 Å². The minimum Gasteiger partial charge on any atom is -0.506 e. The number of phenols is 1. The average Bonchev–Trinajstić information content (AvgIpc) is 3.20. The van der Waals surface area contributed by atoms with Crippen LogP contribution in [0.25, 0.3) is 11.8 Å². The number of non-ortho nitro benzene ring substituents is 1. The Kier molecular flexibility index (Phi) is 5.75. The van der Waals surface area contributed by atoms with Crippen LogP contribution in [0.4, 0.5) is 5.69 Å². The van der Waals surface area contributed by atoms with E-state index in [-0.39, 0.29) is 22.0 Å². The van der Waals surface area contributed by atoms with Crippen molar-refractivity contribution >= 4 is 52.0 Å². The molecule has 2 heterocycles. The zero-order chi connectivity index (χ0) is 25.8. The lowest BCUT2D eigenvalue weighted by Gasteiger charge is -2.30. The summed E-state index contributed by atoms with van der Waals surface area (Å²) >= 11 is 13.4. The van der Waals surface area contributed by atoms with Crippen molar-refractivity contribution in [2.45, 2.75) is 18.9 Å². The predicted molar refractivity (Wildman–Crippen MR) is 144 cm³/mol. The predicted octanol–water partition coefficient (Wildman–Crippen LogP) is 5.24. The maximum absolute atomic E-state index is 13.8. The summed E-state index contributed by atoms with van der Waals surface area (Å²) in [5.74, 6) is -0.180. The van der Waals surface area contributed by atoms with Crippen molar-refractivity contribution in [1.29, 1.82) is 0 Å². The lowest BCUT2D eigenvalue weighted by atomic mass is 9.83. The molecule has 0 bridgehead atoms. The third-order valence-corrected chi connectivity index (χ3v) is 8.10. The minimum atomic E-state index is -0.557. The van der Waals surface area contributed by atoms with Crippen molar-refractivity contribution in [1.82, 2.24) is 4.57 Å². The first kappa shape index (κ1) is 23.7. The number of phenolic OH excluding ortho intramolecular Hbond substituents is 1. The summed E-state index contributed by atoms with van der Waals surface area (Å²) in [6.07, 6.45) is 2.98. The Morgan fingerprint density at radius 1 is 1.11 bits per heavy atom. The first-order chi connectivity index (χ1) is 17.8. The molecule has 1 aliphatic carbocycles. The lowest BCUT2D eigenvalue weighted by Crippen LogP contribution is -2.38. The van der Waals surface area contributed by atoms with Gasteiger partial charge in [-0.2, -0.15) is 0 Å². The molecule has 0 radical (unpaired) electrons. The maximum Gasteiger partial charge on any atom is 0.271 e. The zero-order valence-electron chi connectivity index (χ0n) is 19.0. The van der Waals surface area contributed by atoms with E-state index in [1.54, 1.807) is 22.8 Å². The van der Waals surface area contributed by atoms with E-state index in [1.165, 1.54) is 41.2 Å². The Bertz CT molecular complexity index is 1840. The fourth-order valence-electron chi connectivity index (χ4n) is 4.97. The normalized spacial score (nSPS) is 16.6. The van der Waals surface area contributed by atoms with Gasteiger partial charge in [-0.3, -0.25) is 19.5 Å². The van der Waals surface area contributed by atoms with Crippen LogP contribution in [0.3, 0.4) is 0 Å². The molecule has 7 nitrogen and oxygen atoms in total. The van der Waals surface area contributed by atoms with Gasteiger partial charge in [0.15, 0.2) is 4.80 Å². The number of fused-ring (bicyclic) bond motifs is 3. The molecule has 1 aromatic heterocycles. The zero-order valence-corrected chi connectivity index (χ0v) is 21.3. The Hall–Kier alpha value is -3.72. The Morgan fingerprint density at radius 2 is 1.92 bits per heavy atom. The molecule has 6 rings (SSSR count). The number of allylic oxidation sites excluding steroid dienone is 1. The molecule has 1 N–H and O–H groups in total. The maximum atomic E-state index is 13.8. The molecule has 2 aliphatic rings. The van der Waals surface area contributed by atoms with Crippen LogP contribution in [0.15, 0.2) is 76.0 Å². The van der Waals surface area contributed by atoms with E-state index in [2.05, 4.69) is 6.07 Å². The first-order valence-electron chi connectivity index (χ1n) is 11.4. The molecule has 0 saturated carbocycles. The average molecular weight is 550 g/mol. The molecule has 3 aromatic carbocycles. The van der Waals surface area contributed by atoms with Crippen LogP contribution < -0.4 is 14.9 Å². The van der Waals surface area contributed by atoms with Crippen molar-refractivity contribution in [2.24, 2.45) is 4.99 Å². The molecule has 0 unspecified atom stereocenters. The molecule has 10 heteroatoms. The van der Waals surface area contributed by atoms with Gasteiger partial charge in [0.2, 0.25) is 0 Å². The number of nitro groups is 1. The summed E-state index contributed by atoms with van der Waals surface area (Å²) in [4.78, 5) is 30.3. The minimum absolute atomic E-state index is 0.0477. The fraction of sp³-hybridized carbons (Fsp3) is 0.111. The highest BCUT2D eigenvalue weighted by molar-refractivity contribution is 7.07. The molecule has 1 atom stereocenters. The fourth-order valence-corrected chi connectivity index (χ4v) is 6.47. The van der Waals surface area contributed by atoms with Gasteiger partial charge in [-0.05, 0) is 47.8 Å². The molecule has 0 fully saturated rings. The quantitative estimate of drug-likeness (QED) is 0.279. The van der Waals surface area contributed by atoms with E-state index < -0.39 is 11.0 Å². The number of rotatable bonds is 3. The van der Waals surface area contributed by atoms with Crippen LogP contribution >= 0.6 is 34.5 Å². The van der Waals surface area contributed by atoms with E-state index in [9.17, 15) is 20.0 Å². The Morgan fingerprint density at radius 3 is 2.73 bits per heavy atom. The number of benzene rings is 3. The molecular formula is C27H17Cl2N3O4S. The number of aromatic hydroxyl groups is 1. The van der Waals surface area contributed by atoms with E-state index in [4.69, 9.17) is 28.2 Å². The third kappa shape index (κ3) is 3.98. The summed E-state index contributed by atoms with van der Waals surface area (Å²) in [6, 6.07) is 16.8. The van der Waals surface area contributed by atoms with Crippen LogP contribution in [-0.2, 0) is 6.42 Å². The van der Waals surface area contributed by atoms with E-state index in [1.807, 2.05) is 18.2 Å². The third-order valence-electron chi connectivity index (χ3n) is 6.61. The number of hydrogen-bond acceptors (Lipinski definition) is 6. The summed E-state index contributed by atoms with van der Waals surface area (Å²) < 4.78 is 1.92. The van der Waals surface area contributed by atoms with E-state index in [0.29, 0.717) is 31.9 Å². The molecule has 37 heavy (non-hydrogen) atoms. The lowest BCUT2D eigenvalue weighted by molar-refractivity contribution is -0.384. The second-order valence-corrected chi connectivity index (χ2v) is 10.6. The van der Waals surface area contributed by atoms with Crippen LogP contribution in [0.2, 0.25) is 10.0 Å². The van der Waals surface area contributed by atoms with Gasteiger partial charge in [0, 0.05) is 28.3 Å². The van der Waals surface area contributed by atoms with Gasteiger partial charge < -0.3 is 5.11 Å². The van der Waals surface area contributed by atoms with Crippen LogP contribution in [0.1, 0.15) is 34.7 Å². The monoisotopic (exact) mass is 549 g/mol. The number of aryl methyl sites for hydroxylation is 1. The standard InChI is InChI=1S/C27H17Cl2N3O4S/c28-17-10-16(25(33)21(29)13-17)12-22-26(34)31-24(15-5-3-6-18(11-15)32(35)36)20-9-8-14-4-1-2-7-19(14)23(20)30-27(31)37-22/h1-7,10-13,24,33H,8-9H2/b22-12+/t24-/m0/s1. The van der Waals surface area contributed by atoms with Gasteiger partial charge >= 0.3 is 0 Å². The number of nitrogens with zero attached hydrogens (tertiary/aromatic N) is 3. The second-order valence-electron chi connectivity index (χ2n) is 8.79. The Labute approximate surface area is 224 Å². The summed E-state index contributed by atoms with van der Waals surface area (Å²) in [5, 5.41) is 22.4. The highest BCUT2D eigenvalue weighted by atomic mass is 35.5. The summed E-state index contributed by atoms with van der Waals surface area (Å²) in [6.45, 7) is 0. The number of aromatic nitrogens is 1. The number of nitro benzene ring substituents is 1. The van der Waals surface area contributed by atoms with Gasteiger partial charge in [0.25, 0.3) is 11.2 Å². The van der Waals surface area contributed by atoms with Gasteiger partial charge in [0.05, 0.1) is 26.2 Å². The molecule has 0 spiro atoms. The number of halogens is 2. The smallest absolute Gasteiger partial charge is 0.271 e. The van der Waals surface area contributed by atoms with Crippen LogP contribution in [0, 0.1) is 10.1 Å². The van der Waals surface area contributed by atoms with Gasteiger partial charge in [0.1, 0.15) is 5.75 Å². The summed E-state index contributed by atoms with van der Waals surface area (Å²) in [7, 11) is 0. The molecule has 0 saturated heterocycles.